The number of rotatable bonds is 3. The number of hydrogen-bond donors (Lipinski definition) is 2. The molecular formula is C16H14Cl4O2. The molecule has 0 aliphatic carbocycles. The van der Waals surface area contributed by atoms with E-state index < -0.39 is 5.41 Å². The van der Waals surface area contributed by atoms with Crippen molar-refractivity contribution in [2.45, 2.75) is 25.1 Å². The molecule has 0 saturated heterocycles. The van der Waals surface area contributed by atoms with Crippen LogP contribution in [0.3, 0.4) is 0 Å². The van der Waals surface area contributed by atoms with Crippen LogP contribution in [0.25, 0.3) is 0 Å². The smallest absolute Gasteiger partial charge is 0.152 e. The molecule has 0 aromatic heterocycles. The summed E-state index contributed by atoms with van der Waals surface area (Å²) in [6.45, 7) is 3.93. The maximum absolute atomic E-state index is 9.89. The Bertz CT molecular complexity index is 703. The molecular weight excluding hydrogens is 366 g/mol. The maximum atomic E-state index is 9.89. The summed E-state index contributed by atoms with van der Waals surface area (Å²) in [6.07, 6.45) is 0. The Labute approximate surface area is 149 Å². The zero-order valence-corrected chi connectivity index (χ0v) is 14.9. The molecule has 0 spiro atoms. The van der Waals surface area contributed by atoms with Crippen LogP contribution in [0.4, 0.5) is 0 Å². The predicted molar refractivity (Wildman–Crippen MR) is 92.9 cm³/mol. The van der Waals surface area contributed by atoms with E-state index in [0.29, 0.717) is 5.56 Å². The molecule has 0 atom stereocenters. The molecule has 2 aromatic carbocycles. The predicted octanol–water partition coefficient (Wildman–Crippen LogP) is 6.12. The van der Waals surface area contributed by atoms with E-state index in [0.717, 1.165) is 11.1 Å². The Morgan fingerprint density at radius 3 is 1.68 bits per heavy atom. The van der Waals surface area contributed by atoms with Gasteiger partial charge in [0, 0.05) is 11.0 Å². The van der Waals surface area contributed by atoms with Gasteiger partial charge in [0.1, 0.15) is 5.75 Å². The Kier molecular flexibility index (Phi) is 5.08. The number of phenolic OH excluding ortho intramolecular Hbond substituents is 2. The molecule has 2 nitrogen and oxygen atoms in total. The van der Waals surface area contributed by atoms with Crippen LogP contribution >= 0.6 is 46.4 Å². The third-order valence-electron chi connectivity index (χ3n) is 3.75. The van der Waals surface area contributed by atoms with Gasteiger partial charge in [-0.2, -0.15) is 0 Å². The second-order valence-electron chi connectivity index (χ2n) is 5.51. The lowest BCUT2D eigenvalue weighted by molar-refractivity contribution is 0.469. The van der Waals surface area contributed by atoms with Crippen molar-refractivity contribution in [3.05, 3.63) is 56.0 Å². The molecule has 2 rings (SSSR count). The fraction of sp³-hybridized carbons (Fsp3) is 0.250. The minimum Gasteiger partial charge on any atom is -0.506 e. The van der Waals surface area contributed by atoms with Crippen LogP contribution in [0.15, 0.2) is 24.3 Å². The third kappa shape index (κ3) is 3.11. The van der Waals surface area contributed by atoms with E-state index >= 15 is 0 Å². The molecule has 0 radical (unpaired) electrons. The fourth-order valence-corrected chi connectivity index (χ4v) is 3.14. The third-order valence-corrected chi connectivity index (χ3v) is 4.90. The second-order valence-corrected chi connectivity index (χ2v) is 7.00. The normalized spacial score (nSPS) is 11.7. The summed E-state index contributed by atoms with van der Waals surface area (Å²) in [7, 11) is 0. The first kappa shape index (κ1) is 17.6. The number of benzene rings is 2. The summed E-state index contributed by atoms with van der Waals surface area (Å²) in [5.41, 5.74) is 1.71. The SMILES string of the molecule is CC(C)(c1cc(Cl)c(O)c(Cl)c1)c1cc(Cl)c(O)c(CCl)c1. The van der Waals surface area contributed by atoms with Gasteiger partial charge in [0.15, 0.2) is 5.75 Å². The van der Waals surface area contributed by atoms with E-state index in [1.807, 2.05) is 13.8 Å². The van der Waals surface area contributed by atoms with Crippen molar-refractivity contribution in [1.29, 1.82) is 0 Å². The van der Waals surface area contributed by atoms with Gasteiger partial charge in [-0.3, -0.25) is 0 Å². The maximum Gasteiger partial charge on any atom is 0.152 e. The Morgan fingerprint density at radius 2 is 1.23 bits per heavy atom. The lowest BCUT2D eigenvalue weighted by atomic mass is 9.77. The van der Waals surface area contributed by atoms with Crippen molar-refractivity contribution in [3.8, 4) is 11.5 Å². The molecule has 0 aliphatic rings. The van der Waals surface area contributed by atoms with Gasteiger partial charge >= 0.3 is 0 Å². The van der Waals surface area contributed by atoms with Crippen molar-refractivity contribution >= 4 is 46.4 Å². The van der Waals surface area contributed by atoms with Crippen molar-refractivity contribution in [1.82, 2.24) is 0 Å². The molecule has 6 heteroatoms. The van der Waals surface area contributed by atoms with Crippen LogP contribution in [-0.2, 0) is 11.3 Å². The summed E-state index contributed by atoms with van der Waals surface area (Å²) in [5, 5.41) is 20.2. The molecule has 0 fully saturated rings. The van der Waals surface area contributed by atoms with Crippen molar-refractivity contribution in [2.75, 3.05) is 0 Å². The average molecular weight is 380 g/mol. The molecule has 0 bridgehead atoms. The molecule has 0 unspecified atom stereocenters. The lowest BCUT2D eigenvalue weighted by Crippen LogP contribution is -2.19. The van der Waals surface area contributed by atoms with Crippen LogP contribution < -0.4 is 0 Å². The van der Waals surface area contributed by atoms with Gasteiger partial charge in [0.2, 0.25) is 0 Å². The van der Waals surface area contributed by atoms with Crippen LogP contribution in [0.1, 0.15) is 30.5 Å². The largest absolute Gasteiger partial charge is 0.506 e. The van der Waals surface area contributed by atoms with Gasteiger partial charge in [0.25, 0.3) is 0 Å². The van der Waals surface area contributed by atoms with Gasteiger partial charge in [-0.25, -0.2) is 0 Å². The highest BCUT2D eigenvalue weighted by molar-refractivity contribution is 6.37. The highest BCUT2D eigenvalue weighted by Crippen LogP contribution is 2.42. The van der Waals surface area contributed by atoms with E-state index in [-0.39, 0.29) is 32.4 Å². The molecule has 0 aliphatic heterocycles. The van der Waals surface area contributed by atoms with Crippen LogP contribution in [0.5, 0.6) is 11.5 Å². The van der Waals surface area contributed by atoms with E-state index in [1.54, 1.807) is 24.3 Å². The zero-order valence-electron chi connectivity index (χ0n) is 11.9. The molecule has 0 amide bonds. The molecule has 2 N–H and O–H groups in total. The minimum absolute atomic E-state index is 0.0158. The summed E-state index contributed by atoms with van der Waals surface area (Å²) in [4.78, 5) is 0. The van der Waals surface area contributed by atoms with Gasteiger partial charge < -0.3 is 10.2 Å². The first-order valence-corrected chi connectivity index (χ1v) is 8.11. The Balaban J connectivity index is 2.62. The molecule has 0 saturated carbocycles. The second kappa shape index (κ2) is 6.37. The number of phenols is 2. The number of halogens is 4. The number of aromatic hydroxyl groups is 2. The standard InChI is InChI=1S/C16H14Cl4O2/c1-16(2,10-5-12(19)15(22)13(20)6-10)9-3-8(7-17)14(21)11(18)4-9/h3-6,21-22H,7H2,1-2H3. The van der Waals surface area contributed by atoms with E-state index in [1.165, 1.54) is 0 Å². The molecule has 0 heterocycles. The van der Waals surface area contributed by atoms with Crippen molar-refractivity contribution < 1.29 is 10.2 Å². The summed E-state index contributed by atoms with van der Waals surface area (Å²) in [6, 6.07) is 6.79. The van der Waals surface area contributed by atoms with Gasteiger partial charge in [0.05, 0.1) is 20.9 Å². The van der Waals surface area contributed by atoms with Gasteiger partial charge in [-0.15, -0.1) is 11.6 Å². The monoisotopic (exact) mass is 378 g/mol. The summed E-state index contributed by atoms with van der Waals surface area (Å²) in [5.74, 6) is -0.0157. The van der Waals surface area contributed by atoms with Crippen LogP contribution in [-0.4, -0.2) is 10.2 Å². The van der Waals surface area contributed by atoms with E-state index in [4.69, 9.17) is 46.4 Å². The first-order chi connectivity index (χ1) is 10.2. The number of alkyl halides is 1. The topological polar surface area (TPSA) is 40.5 Å². The van der Waals surface area contributed by atoms with Gasteiger partial charge in [-0.1, -0.05) is 48.7 Å². The highest BCUT2D eigenvalue weighted by atomic mass is 35.5. The van der Waals surface area contributed by atoms with E-state index in [9.17, 15) is 10.2 Å². The van der Waals surface area contributed by atoms with Crippen LogP contribution in [0.2, 0.25) is 15.1 Å². The van der Waals surface area contributed by atoms with Gasteiger partial charge in [-0.05, 0) is 35.4 Å². The van der Waals surface area contributed by atoms with Crippen molar-refractivity contribution in [2.24, 2.45) is 0 Å². The van der Waals surface area contributed by atoms with Crippen molar-refractivity contribution in [3.63, 3.8) is 0 Å². The fourth-order valence-electron chi connectivity index (χ4n) is 2.21. The first-order valence-electron chi connectivity index (χ1n) is 6.44. The summed E-state index contributed by atoms with van der Waals surface area (Å²) < 4.78 is 0. The van der Waals surface area contributed by atoms with Crippen LogP contribution in [0, 0.1) is 0 Å². The quantitative estimate of drug-likeness (QED) is 0.630. The van der Waals surface area contributed by atoms with E-state index in [2.05, 4.69) is 0 Å². The Hall–Kier alpha value is -0.800. The summed E-state index contributed by atoms with van der Waals surface area (Å²) >= 11 is 23.9. The molecule has 2 aromatic rings. The minimum atomic E-state index is -0.501. The number of hydrogen-bond acceptors (Lipinski definition) is 2. The molecule has 118 valence electrons. The molecule has 22 heavy (non-hydrogen) atoms. The zero-order chi connectivity index (χ0) is 16.7. The lowest BCUT2D eigenvalue weighted by Gasteiger charge is -2.28. The Morgan fingerprint density at radius 1 is 0.818 bits per heavy atom. The highest BCUT2D eigenvalue weighted by Gasteiger charge is 2.27. The average Bonchev–Trinajstić information content (AvgIpc) is 2.46.